The van der Waals surface area contributed by atoms with E-state index in [2.05, 4.69) is 5.32 Å². The van der Waals surface area contributed by atoms with Gasteiger partial charge >= 0.3 is 0 Å². The number of methoxy groups -OCH3 is 1. The molecule has 1 heterocycles. The van der Waals surface area contributed by atoms with Crippen LogP contribution < -0.4 is 15.5 Å². The van der Waals surface area contributed by atoms with E-state index in [9.17, 15) is 14.7 Å². The zero-order valence-electron chi connectivity index (χ0n) is 23.7. The molecule has 42 heavy (non-hydrogen) atoms. The average Bonchev–Trinajstić information content (AvgIpc) is 3.03. The first-order valence-corrected chi connectivity index (χ1v) is 15.1. The van der Waals surface area contributed by atoms with Crippen LogP contribution in [-0.2, 0) is 25.7 Å². The van der Waals surface area contributed by atoms with Gasteiger partial charge in [0.1, 0.15) is 5.75 Å². The number of hydrogen-bond donors (Lipinski definition) is 4. The highest BCUT2D eigenvalue weighted by molar-refractivity contribution is 7.99. The fourth-order valence-corrected chi connectivity index (χ4v) is 5.78. The summed E-state index contributed by atoms with van der Waals surface area (Å²) in [6.07, 6.45) is 2.19. The van der Waals surface area contributed by atoms with Crippen LogP contribution in [0.3, 0.4) is 0 Å². The van der Waals surface area contributed by atoms with Crippen LogP contribution >= 0.6 is 11.8 Å². The highest BCUT2D eigenvalue weighted by Gasteiger charge is 2.32. The van der Waals surface area contributed by atoms with Crippen molar-refractivity contribution in [3.63, 3.8) is 0 Å². The van der Waals surface area contributed by atoms with Crippen LogP contribution in [-0.4, -0.2) is 41.1 Å². The monoisotopic (exact) mass is 594 g/mol. The molecule has 0 radical (unpaired) electrons. The number of anilines is 1. The minimum Gasteiger partial charge on any atom is -0.496 e. The molecule has 9 nitrogen and oxygen atoms in total. The van der Waals surface area contributed by atoms with Crippen LogP contribution in [0.25, 0.3) is 0 Å². The van der Waals surface area contributed by atoms with E-state index in [-0.39, 0.29) is 31.1 Å². The Kier molecular flexibility index (Phi) is 12.2. The Morgan fingerprint density at radius 3 is 2.43 bits per heavy atom. The number of benzene rings is 3. The number of unbranched alkanes of at least 4 members (excludes halogenated alkanes) is 2. The van der Waals surface area contributed by atoms with Crippen LogP contribution in [0.15, 0.2) is 77.7 Å². The summed E-state index contributed by atoms with van der Waals surface area (Å²) >= 11 is 1.67. The van der Waals surface area contributed by atoms with E-state index in [0.29, 0.717) is 43.5 Å². The molecule has 10 heteroatoms. The number of carbonyl (C=O) groups excluding carboxylic acids is 2. The molecule has 3 aromatic carbocycles. The lowest BCUT2D eigenvalue weighted by molar-refractivity contribution is -0.245. The minimum absolute atomic E-state index is 0.0188. The van der Waals surface area contributed by atoms with Crippen LogP contribution in [0, 0.1) is 0 Å². The van der Waals surface area contributed by atoms with Crippen molar-refractivity contribution in [1.29, 1.82) is 0 Å². The highest BCUT2D eigenvalue weighted by Crippen LogP contribution is 2.40. The summed E-state index contributed by atoms with van der Waals surface area (Å²) in [5.41, 5.74) is 4.91. The molecular formula is C32H38N2O7S. The van der Waals surface area contributed by atoms with E-state index in [4.69, 9.17) is 19.4 Å². The molecule has 0 aromatic heterocycles. The van der Waals surface area contributed by atoms with Gasteiger partial charge in [0.25, 0.3) is 0 Å². The van der Waals surface area contributed by atoms with E-state index >= 15 is 0 Å². The van der Waals surface area contributed by atoms with Crippen LogP contribution in [0.4, 0.5) is 5.69 Å². The molecule has 0 bridgehead atoms. The Morgan fingerprint density at radius 2 is 1.69 bits per heavy atom. The molecule has 4 rings (SSSR count). The number of ether oxygens (including phenoxy) is 3. The molecule has 1 fully saturated rings. The maximum absolute atomic E-state index is 12.5. The Hall–Kier alpha value is -3.41. The van der Waals surface area contributed by atoms with Crippen LogP contribution in [0.2, 0.25) is 0 Å². The first kappa shape index (κ1) is 31.5. The number of hydroxylamine groups is 1. The van der Waals surface area contributed by atoms with Crippen molar-refractivity contribution in [3.05, 3.63) is 89.5 Å². The third-order valence-corrected chi connectivity index (χ3v) is 8.17. The molecule has 4 N–H and O–H groups in total. The fourth-order valence-electron chi connectivity index (χ4n) is 4.73. The molecule has 1 saturated heterocycles. The smallest absolute Gasteiger partial charge is 0.243 e. The van der Waals surface area contributed by atoms with Gasteiger partial charge in [0, 0.05) is 41.2 Å². The normalized spacial score (nSPS) is 18.3. The highest BCUT2D eigenvalue weighted by atomic mass is 32.2. The van der Waals surface area contributed by atoms with E-state index in [1.54, 1.807) is 24.4 Å². The zero-order valence-corrected chi connectivity index (χ0v) is 24.5. The lowest BCUT2D eigenvalue weighted by atomic mass is 10.0. The molecule has 0 spiro atoms. The summed E-state index contributed by atoms with van der Waals surface area (Å²) < 4.78 is 18.4. The second kappa shape index (κ2) is 16.3. The van der Waals surface area contributed by atoms with Crippen molar-refractivity contribution < 1.29 is 34.1 Å². The van der Waals surface area contributed by atoms with Crippen molar-refractivity contribution in [3.8, 4) is 5.75 Å². The number of aliphatic hydroxyl groups is 1. The standard InChI is InChI=1S/C32H38N2O7S/c1-39-27-10-5-6-11-29(27)42-21-26-19-28(23-16-14-22(20-35)15-17-23)41-32(40-26)24-8-7-9-25(18-24)33-30(36)12-3-2-4-13-31(37)34-38/h5-11,14-18,26,28,32,35,38H,2-4,12-13,19-21H2,1H3,(H,33,36)(H,34,37)/t26-,28+,32+/m0/s1. The van der Waals surface area contributed by atoms with Gasteiger partial charge in [-0.15, -0.1) is 11.8 Å². The van der Waals surface area contributed by atoms with Crippen molar-refractivity contribution in [1.82, 2.24) is 5.48 Å². The quantitative estimate of drug-likeness (QED) is 0.0784. The van der Waals surface area contributed by atoms with Gasteiger partial charge in [-0.05, 0) is 48.2 Å². The van der Waals surface area contributed by atoms with Crippen LogP contribution in [0.1, 0.15) is 67.6 Å². The number of hydrogen-bond acceptors (Lipinski definition) is 8. The first-order chi connectivity index (χ1) is 20.5. The number of thioether (sulfide) groups is 1. The number of nitrogens with one attached hydrogen (secondary N) is 2. The fraction of sp³-hybridized carbons (Fsp3) is 0.375. The Morgan fingerprint density at radius 1 is 0.929 bits per heavy atom. The summed E-state index contributed by atoms with van der Waals surface area (Å²) in [7, 11) is 1.66. The van der Waals surface area contributed by atoms with Crippen molar-refractivity contribution >= 4 is 29.3 Å². The molecule has 224 valence electrons. The predicted octanol–water partition coefficient (Wildman–Crippen LogP) is 5.92. The third kappa shape index (κ3) is 9.30. The van der Waals surface area contributed by atoms with Crippen molar-refractivity contribution in [2.24, 2.45) is 0 Å². The Labute approximate surface area is 250 Å². The van der Waals surface area contributed by atoms with Gasteiger partial charge in [-0.2, -0.15) is 0 Å². The zero-order chi connectivity index (χ0) is 29.7. The van der Waals surface area contributed by atoms with E-state index in [1.807, 2.05) is 72.8 Å². The second-order valence-corrected chi connectivity index (χ2v) is 11.1. The van der Waals surface area contributed by atoms with Gasteiger partial charge in [-0.1, -0.05) is 55.0 Å². The summed E-state index contributed by atoms with van der Waals surface area (Å²) in [5.74, 6) is 0.981. The van der Waals surface area contributed by atoms with E-state index < -0.39 is 12.2 Å². The summed E-state index contributed by atoms with van der Waals surface area (Å²) in [5, 5.41) is 21.0. The third-order valence-electron chi connectivity index (χ3n) is 6.98. The summed E-state index contributed by atoms with van der Waals surface area (Å²) in [6.45, 7) is -0.0188. The van der Waals surface area contributed by atoms with E-state index in [0.717, 1.165) is 27.3 Å². The van der Waals surface area contributed by atoms with Gasteiger partial charge in [-0.3, -0.25) is 14.8 Å². The number of aliphatic hydroxyl groups excluding tert-OH is 1. The number of amides is 2. The lowest BCUT2D eigenvalue weighted by Crippen LogP contribution is -2.31. The minimum atomic E-state index is -0.640. The predicted molar refractivity (Wildman–Crippen MR) is 160 cm³/mol. The number of para-hydroxylation sites is 1. The SMILES string of the molecule is COc1ccccc1SC[C@@H]1C[C@H](c2ccc(CO)cc2)O[C@H](c2cccc(NC(=O)CCCCCC(=O)NO)c2)O1. The number of carbonyl (C=O) groups is 2. The summed E-state index contributed by atoms with van der Waals surface area (Å²) in [4.78, 5) is 24.7. The van der Waals surface area contributed by atoms with Gasteiger partial charge in [0.2, 0.25) is 11.8 Å². The maximum atomic E-state index is 12.5. The largest absolute Gasteiger partial charge is 0.496 e. The van der Waals surface area contributed by atoms with Gasteiger partial charge in [-0.25, -0.2) is 5.48 Å². The molecular weight excluding hydrogens is 556 g/mol. The Balaban J connectivity index is 1.42. The molecule has 3 aromatic rings. The van der Waals surface area contributed by atoms with Gasteiger partial charge < -0.3 is 24.6 Å². The molecule has 0 unspecified atom stereocenters. The number of rotatable bonds is 14. The topological polar surface area (TPSA) is 126 Å². The van der Waals surface area contributed by atoms with Gasteiger partial charge in [0.15, 0.2) is 6.29 Å². The van der Waals surface area contributed by atoms with Crippen molar-refractivity contribution in [2.75, 3.05) is 18.2 Å². The molecule has 0 saturated carbocycles. The lowest BCUT2D eigenvalue weighted by Gasteiger charge is -2.36. The maximum Gasteiger partial charge on any atom is 0.243 e. The molecule has 1 aliphatic rings. The Bertz CT molecular complexity index is 1300. The molecule has 2 amide bonds. The van der Waals surface area contributed by atoms with Crippen LogP contribution in [0.5, 0.6) is 5.75 Å². The summed E-state index contributed by atoms with van der Waals surface area (Å²) in [6, 6.07) is 23.2. The van der Waals surface area contributed by atoms with Crippen molar-refractivity contribution in [2.45, 2.75) is 68.5 Å². The molecule has 3 atom stereocenters. The molecule has 1 aliphatic heterocycles. The van der Waals surface area contributed by atoms with Gasteiger partial charge in [0.05, 0.1) is 25.9 Å². The van der Waals surface area contributed by atoms with E-state index in [1.165, 1.54) is 0 Å². The first-order valence-electron chi connectivity index (χ1n) is 14.1. The molecule has 0 aliphatic carbocycles. The second-order valence-electron chi connectivity index (χ2n) is 10.1. The average molecular weight is 595 g/mol.